The summed E-state index contributed by atoms with van der Waals surface area (Å²) in [6.45, 7) is 2.02. The van der Waals surface area contributed by atoms with Crippen molar-refractivity contribution < 1.29 is 4.79 Å². The van der Waals surface area contributed by atoms with Crippen LogP contribution in [0.1, 0.15) is 27.0 Å². The minimum Gasteiger partial charge on any atom is -0.322 e. The molecule has 2 heteroatoms. The van der Waals surface area contributed by atoms with Gasteiger partial charge in [-0.25, -0.2) is 0 Å². The fourth-order valence-electron chi connectivity index (χ4n) is 3.37. The zero-order valence-electron chi connectivity index (χ0n) is 12.5. The molecule has 0 bridgehead atoms. The van der Waals surface area contributed by atoms with Gasteiger partial charge in [0.05, 0.1) is 0 Å². The van der Waals surface area contributed by atoms with Crippen molar-refractivity contribution in [3.63, 3.8) is 0 Å². The van der Waals surface area contributed by atoms with E-state index in [-0.39, 0.29) is 5.91 Å². The number of hydrogen-bond donors (Lipinski definition) is 1. The Balaban J connectivity index is 1.77. The second kappa shape index (κ2) is 4.99. The highest BCUT2D eigenvalue weighted by atomic mass is 16.1. The Morgan fingerprint density at radius 3 is 2.55 bits per heavy atom. The van der Waals surface area contributed by atoms with Crippen molar-refractivity contribution in [3.8, 4) is 0 Å². The van der Waals surface area contributed by atoms with Gasteiger partial charge in [-0.3, -0.25) is 4.79 Å². The second-order valence-electron chi connectivity index (χ2n) is 5.94. The van der Waals surface area contributed by atoms with Gasteiger partial charge in [0.1, 0.15) is 0 Å². The first kappa shape index (κ1) is 13.1. The zero-order valence-corrected chi connectivity index (χ0v) is 12.5. The Hall–Kier alpha value is -2.61. The summed E-state index contributed by atoms with van der Waals surface area (Å²) in [5.74, 6) is -0.0406. The second-order valence-corrected chi connectivity index (χ2v) is 5.94. The number of carbonyl (C=O) groups excluding carboxylic acids is 1. The summed E-state index contributed by atoms with van der Waals surface area (Å²) in [7, 11) is 0. The molecule has 0 radical (unpaired) electrons. The van der Waals surface area contributed by atoms with Crippen molar-refractivity contribution in [3.05, 3.63) is 76.9 Å². The third-order valence-corrected chi connectivity index (χ3v) is 4.40. The summed E-state index contributed by atoms with van der Waals surface area (Å²) in [5, 5.41) is 5.36. The molecule has 0 saturated heterocycles. The topological polar surface area (TPSA) is 29.1 Å². The Bertz CT molecular complexity index is 885. The Kier molecular flexibility index (Phi) is 2.97. The smallest absolute Gasteiger partial charge is 0.256 e. The fourth-order valence-corrected chi connectivity index (χ4v) is 3.37. The Morgan fingerprint density at radius 2 is 1.73 bits per heavy atom. The molecule has 0 saturated carbocycles. The van der Waals surface area contributed by atoms with Crippen molar-refractivity contribution in [2.75, 3.05) is 5.32 Å². The Labute approximate surface area is 129 Å². The average Bonchev–Trinajstić information content (AvgIpc) is 2.93. The third kappa shape index (κ3) is 2.08. The van der Waals surface area contributed by atoms with Crippen LogP contribution in [-0.4, -0.2) is 5.91 Å². The number of amides is 1. The SMILES string of the molecule is Cc1cccc(NC(=O)c2ccc3c4c(cccc24)CC3)c1. The van der Waals surface area contributed by atoms with E-state index in [9.17, 15) is 4.79 Å². The van der Waals surface area contributed by atoms with E-state index in [0.717, 1.165) is 35.0 Å². The van der Waals surface area contributed by atoms with E-state index < -0.39 is 0 Å². The molecule has 4 rings (SSSR count). The van der Waals surface area contributed by atoms with Crippen LogP contribution in [0.3, 0.4) is 0 Å². The lowest BCUT2D eigenvalue weighted by atomic mass is 9.99. The molecule has 0 aromatic heterocycles. The lowest BCUT2D eigenvalue weighted by molar-refractivity contribution is 0.102. The van der Waals surface area contributed by atoms with E-state index in [2.05, 4.69) is 29.6 Å². The highest BCUT2D eigenvalue weighted by Gasteiger charge is 2.18. The van der Waals surface area contributed by atoms with E-state index >= 15 is 0 Å². The lowest BCUT2D eigenvalue weighted by Crippen LogP contribution is -2.12. The third-order valence-electron chi connectivity index (χ3n) is 4.40. The normalized spacial score (nSPS) is 12.6. The van der Waals surface area contributed by atoms with Gasteiger partial charge < -0.3 is 5.32 Å². The van der Waals surface area contributed by atoms with Gasteiger partial charge in [0.15, 0.2) is 0 Å². The van der Waals surface area contributed by atoms with Crippen LogP contribution in [0.5, 0.6) is 0 Å². The average molecular weight is 287 g/mol. The highest BCUT2D eigenvalue weighted by molar-refractivity contribution is 6.14. The van der Waals surface area contributed by atoms with Gasteiger partial charge in [0.25, 0.3) is 5.91 Å². The van der Waals surface area contributed by atoms with Crippen molar-refractivity contribution in [1.82, 2.24) is 0 Å². The van der Waals surface area contributed by atoms with Gasteiger partial charge in [-0.1, -0.05) is 36.4 Å². The standard InChI is InChI=1S/C20H17NO/c1-13-4-2-6-16(12-13)21-20(22)18-11-10-15-9-8-14-5-3-7-17(18)19(14)15/h2-7,10-12H,8-9H2,1H3,(H,21,22). The predicted molar refractivity (Wildman–Crippen MR) is 90.5 cm³/mol. The minimum absolute atomic E-state index is 0.0406. The molecule has 0 aliphatic heterocycles. The lowest BCUT2D eigenvalue weighted by Gasteiger charge is -2.10. The summed E-state index contributed by atoms with van der Waals surface area (Å²) >= 11 is 0. The molecule has 0 atom stereocenters. The minimum atomic E-state index is -0.0406. The maximum absolute atomic E-state index is 12.7. The van der Waals surface area contributed by atoms with Crippen molar-refractivity contribution in [2.45, 2.75) is 19.8 Å². The molecule has 2 nitrogen and oxygen atoms in total. The summed E-state index contributed by atoms with van der Waals surface area (Å²) in [5.41, 5.74) is 5.45. The van der Waals surface area contributed by atoms with Crippen molar-refractivity contribution in [2.24, 2.45) is 0 Å². The number of benzene rings is 3. The molecule has 1 N–H and O–H groups in total. The van der Waals surface area contributed by atoms with Crippen LogP contribution in [0.25, 0.3) is 10.8 Å². The monoisotopic (exact) mass is 287 g/mol. The van der Waals surface area contributed by atoms with Crippen LogP contribution in [-0.2, 0) is 12.8 Å². The van der Waals surface area contributed by atoms with E-state index in [1.165, 1.54) is 16.5 Å². The van der Waals surface area contributed by atoms with Gasteiger partial charge in [-0.05, 0) is 65.4 Å². The summed E-state index contributed by atoms with van der Waals surface area (Å²) in [6.07, 6.45) is 2.16. The number of aryl methyl sites for hydroxylation is 3. The number of nitrogens with one attached hydrogen (secondary N) is 1. The van der Waals surface area contributed by atoms with Gasteiger partial charge >= 0.3 is 0 Å². The first-order valence-corrected chi connectivity index (χ1v) is 7.64. The number of anilines is 1. The van der Waals surface area contributed by atoms with Gasteiger partial charge in [0, 0.05) is 11.3 Å². The van der Waals surface area contributed by atoms with Crippen molar-refractivity contribution >= 4 is 22.4 Å². The molecule has 108 valence electrons. The van der Waals surface area contributed by atoms with E-state index in [1.807, 2.05) is 37.3 Å². The van der Waals surface area contributed by atoms with E-state index in [4.69, 9.17) is 0 Å². The molecule has 3 aromatic carbocycles. The van der Waals surface area contributed by atoms with Crippen LogP contribution >= 0.6 is 0 Å². The van der Waals surface area contributed by atoms with Crippen molar-refractivity contribution in [1.29, 1.82) is 0 Å². The van der Waals surface area contributed by atoms with Gasteiger partial charge in [0.2, 0.25) is 0 Å². The molecule has 1 amide bonds. The zero-order chi connectivity index (χ0) is 15.1. The number of carbonyl (C=O) groups is 1. The molecule has 1 aliphatic carbocycles. The predicted octanol–water partition coefficient (Wildman–Crippen LogP) is 4.50. The van der Waals surface area contributed by atoms with E-state index in [0.29, 0.717) is 0 Å². The summed E-state index contributed by atoms with van der Waals surface area (Å²) in [6, 6.07) is 18.2. The highest BCUT2D eigenvalue weighted by Crippen LogP contribution is 2.33. The summed E-state index contributed by atoms with van der Waals surface area (Å²) < 4.78 is 0. The van der Waals surface area contributed by atoms with Crippen LogP contribution in [0.2, 0.25) is 0 Å². The molecule has 0 heterocycles. The molecular formula is C20H17NO. The van der Waals surface area contributed by atoms with Gasteiger partial charge in [-0.15, -0.1) is 0 Å². The molecule has 0 fully saturated rings. The largest absolute Gasteiger partial charge is 0.322 e. The van der Waals surface area contributed by atoms with Crippen LogP contribution < -0.4 is 5.32 Å². The molecule has 0 unspecified atom stereocenters. The Morgan fingerprint density at radius 1 is 0.955 bits per heavy atom. The van der Waals surface area contributed by atoms with Crippen LogP contribution in [0.4, 0.5) is 5.69 Å². The summed E-state index contributed by atoms with van der Waals surface area (Å²) in [4.78, 5) is 12.7. The maximum Gasteiger partial charge on any atom is 0.256 e. The molecule has 22 heavy (non-hydrogen) atoms. The molecule has 1 aliphatic rings. The molecular weight excluding hydrogens is 270 g/mol. The maximum atomic E-state index is 12.7. The van der Waals surface area contributed by atoms with Gasteiger partial charge in [-0.2, -0.15) is 0 Å². The first-order valence-electron chi connectivity index (χ1n) is 7.64. The number of hydrogen-bond acceptors (Lipinski definition) is 1. The van der Waals surface area contributed by atoms with Crippen LogP contribution in [0.15, 0.2) is 54.6 Å². The molecule has 3 aromatic rings. The molecule has 0 spiro atoms. The van der Waals surface area contributed by atoms with E-state index in [1.54, 1.807) is 0 Å². The quantitative estimate of drug-likeness (QED) is 0.738. The first-order chi connectivity index (χ1) is 10.7. The van der Waals surface area contributed by atoms with Crippen LogP contribution in [0, 0.1) is 6.92 Å². The fraction of sp³-hybridized carbons (Fsp3) is 0.150. The number of rotatable bonds is 2.